The maximum atomic E-state index is 13.0. The van der Waals surface area contributed by atoms with E-state index < -0.39 is 17.8 Å². The van der Waals surface area contributed by atoms with Crippen LogP contribution in [-0.4, -0.2) is 40.3 Å². The summed E-state index contributed by atoms with van der Waals surface area (Å²) in [6, 6.07) is 12.1. The molecule has 2 aliphatic rings. The van der Waals surface area contributed by atoms with Gasteiger partial charge in [-0.3, -0.25) is 4.79 Å². The average Bonchev–Trinajstić information content (AvgIpc) is 3.42. The highest BCUT2D eigenvalue weighted by Gasteiger charge is 2.40. The zero-order valence-corrected chi connectivity index (χ0v) is 16.5. The van der Waals surface area contributed by atoms with Crippen LogP contribution in [0.2, 0.25) is 0 Å². The molecule has 2 aromatic rings. The van der Waals surface area contributed by atoms with Crippen molar-refractivity contribution in [2.24, 2.45) is 0 Å². The molecule has 6 heteroatoms. The number of phenolic OH excluding ortho intramolecular Hbond substituents is 2. The van der Waals surface area contributed by atoms with Crippen LogP contribution in [0.3, 0.4) is 0 Å². The number of hydrogen-bond donors (Lipinski definition) is 2. The van der Waals surface area contributed by atoms with E-state index in [4.69, 9.17) is 9.47 Å². The summed E-state index contributed by atoms with van der Waals surface area (Å²) < 4.78 is 11.5. The fourth-order valence-corrected chi connectivity index (χ4v) is 3.93. The molecule has 3 atom stereocenters. The SMILES string of the molecule is O=C1/C=C/CC[C@H]2O[C@@H]2C[C@@H](Cc2ccccc2)OC(=O)c2c(O)cc(O)cc2C1. The smallest absolute Gasteiger partial charge is 0.342 e. The van der Waals surface area contributed by atoms with Crippen LogP contribution in [0.4, 0.5) is 0 Å². The van der Waals surface area contributed by atoms with Gasteiger partial charge in [0.15, 0.2) is 5.78 Å². The molecular formula is C24H24O6. The van der Waals surface area contributed by atoms with Crippen molar-refractivity contribution in [2.75, 3.05) is 0 Å². The highest BCUT2D eigenvalue weighted by molar-refractivity contribution is 5.98. The first-order valence-corrected chi connectivity index (χ1v) is 10.1. The van der Waals surface area contributed by atoms with Gasteiger partial charge in [0, 0.05) is 25.3 Å². The van der Waals surface area contributed by atoms with Crippen molar-refractivity contribution in [3.05, 3.63) is 71.3 Å². The van der Waals surface area contributed by atoms with Crippen LogP contribution >= 0.6 is 0 Å². The van der Waals surface area contributed by atoms with Gasteiger partial charge in [0.05, 0.1) is 12.2 Å². The maximum absolute atomic E-state index is 13.0. The second kappa shape index (κ2) is 8.71. The molecule has 0 radical (unpaired) electrons. The molecule has 0 unspecified atom stereocenters. The minimum Gasteiger partial charge on any atom is -0.508 e. The normalized spacial score (nSPS) is 25.4. The molecular weight excluding hydrogens is 384 g/mol. The Labute approximate surface area is 174 Å². The van der Waals surface area contributed by atoms with Crippen LogP contribution in [0.15, 0.2) is 54.6 Å². The molecule has 0 spiro atoms. The van der Waals surface area contributed by atoms with E-state index in [2.05, 4.69) is 0 Å². The van der Waals surface area contributed by atoms with Gasteiger partial charge in [-0.05, 0) is 36.1 Å². The highest BCUT2D eigenvalue weighted by Crippen LogP contribution is 2.34. The molecule has 2 aromatic carbocycles. The predicted molar refractivity (Wildman–Crippen MR) is 109 cm³/mol. The monoisotopic (exact) mass is 408 g/mol. The second-order valence-corrected chi connectivity index (χ2v) is 7.79. The lowest BCUT2D eigenvalue weighted by Gasteiger charge is -2.19. The Kier molecular flexibility index (Phi) is 5.86. The van der Waals surface area contributed by atoms with Gasteiger partial charge in [0.25, 0.3) is 0 Å². The van der Waals surface area contributed by atoms with Crippen molar-refractivity contribution in [3.8, 4) is 11.5 Å². The van der Waals surface area contributed by atoms with Gasteiger partial charge in [-0.1, -0.05) is 36.4 Å². The van der Waals surface area contributed by atoms with Gasteiger partial charge in [0.1, 0.15) is 23.2 Å². The number of carbonyl (C=O) groups is 2. The van der Waals surface area contributed by atoms with Crippen LogP contribution in [0.25, 0.3) is 0 Å². The molecule has 2 aliphatic heterocycles. The van der Waals surface area contributed by atoms with E-state index in [-0.39, 0.29) is 41.3 Å². The zero-order valence-electron chi connectivity index (χ0n) is 16.5. The van der Waals surface area contributed by atoms with Gasteiger partial charge >= 0.3 is 5.97 Å². The third kappa shape index (κ3) is 4.89. The second-order valence-electron chi connectivity index (χ2n) is 7.79. The number of cyclic esters (lactones) is 1. The number of carbonyl (C=O) groups excluding carboxylic acids is 2. The summed E-state index contributed by atoms with van der Waals surface area (Å²) >= 11 is 0. The summed E-state index contributed by atoms with van der Waals surface area (Å²) in [5.41, 5.74) is 1.18. The van der Waals surface area contributed by atoms with Crippen LogP contribution in [0.1, 0.15) is 40.7 Å². The Hall–Kier alpha value is -3.12. The van der Waals surface area contributed by atoms with Crippen LogP contribution < -0.4 is 0 Å². The lowest BCUT2D eigenvalue weighted by molar-refractivity contribution is -0.114. The molecule has 30 heavy (non-hydrogen) atoms. The summed E-state index contributed by atoms with van der Waals surface area (Å²) in [6.07, 6.45) is 5.42. The first-order valence-electron chi connectivity index (χ1n) is 10.1. The molecule has 4 rings (SSSR count). The Bertz CT molecular complexity index is 965. The third-order valence-corrected chi connectivity index (χ3v) is 5.44. The van der Waals surface area contributed by atoms with Gasteiger partial charge in [0.2, 0.25) is 0 Å². The van der Waals surface area contributed by atoms with Gasteiger partial charge in [-0.2, -0.15) is 0 Å². The first-order chi connectivity index (χ1) is 14.5. The number of rotatable bonds is 2. The summed E-state index contributed by atoms with van der Waals surface area (Å²) in [7, 11) is 0. The number of benzene rings is 2. The summed E-state index contributed by atoms with van der Waals surface area (Å²) in [4.78, 5) is 25.3. The van der Waals surface area contributed by atoms with Gasteiger partial charge in [-0.15, -0.1) is 0 Å². The highest BCUT2D eigenvalue weighted by atomic mass is 16.6. The van der Waals surface area contributed by atoms with E-state index >= 15 is 0 Å². The van der Waals surface area contributed by atoms with Gasteiger partial charge < -0.3 is 19.7 Å². The lowest BCUT2D eigenvalue weighted by Crippen LogP contribution is -2.24. The van der Waals surface area contributed by atoms with E-state index in [9.17, 15) is 19.8 Å². The maximum Gasteiger partial charge on any atom is 0.342 e. The quantitative estimate of drug-likeness (QED) is 0.583. The number of fused-ring (bicyclic) bond motifs is 2. The topological polar surface area (TPSA) is 96.4 Å². The van der Waals surface area contributed by atoms with Crippen LogP contribution in [-0.2, 0) is 27.1 Å². The summed E-state index contributed by atoms with van der Waals surface area (Å²) in [5, 5.41) is 20.2. The molecule has 156 valence electrons. The Morgan fingerprint density at radius 2 is 1.83 bits per heavy atom. The lowest BCUT2D eigenvalue weighted by atomic mass is 9.98. The average molecular weight is 408 g/mol. The molecule has 0 aliphatic carbocycles. The molecule has 6 nitrogen and oxygen atoms in total. The van der Waals surface area contributed by atoms with Crippen molar-refractivity contribution in [2.45, 2.75) is 50.4 Å². The number of esters is 1. The summed E-state index contributed by atoms with van der Waals surface area (Å²) in [6.45, 7) is 0. The molecule has 2 N–H and O–H groups in total. The standard InChI is InChI=1S/C24H24O6/c25-17-8-4-5-9-21-22(30-21)14-19(10-15-6-2-1-3-7-15)29-24(28)23-16(11-17)12-18(26)13-20(23)27/h1-4,6-8,12-13,19,21-22,26-27H,5,9-11,14H2/b8-4+/t19-,21-,22-/m1/s1. The Morgan fingerprint density at radius 1 is 1.03 bits per heavy atom. The van der Waals surface area contributed by atoms with E-state index in [0.29, 0.717) is 19.3 Å². The van der Waals surface area contributed by atoms with E-state index in [1.54, 1.807) is 6.08 Å². The number of epoxide rings is 1. The number of aromatic hydroxyl groups is 2. The first kappa shape index (κ1) is 20.2. The molecule has 0 saturated carbocycles. The molecule has 0 aromatic heterocycles. The van der Waals surface area contributed by atoms with E-state index in [0.717, 1.165) is 18.1 Å². The van der Waals surface area contributed by atoms with Crippen LogP contribution in [0.5, 0.6) is 11.5 Å². The fourth-order valence-electron chi connectivity index (χ4n) is 3.93. The van der Waals surface area contributed by atoms with Crippen molar-refractivity contribution in [1.82, 2.24) is 0 Å². The predicted octanol–water partition coefficient (Wildman–Crippen LogP) is 3.49. The van der Waals surface area contributed by atoms with E-state index in [1.807, 2.05) is 30.3 Å². The number of hydrogen-bond acceptors (Lipinski definition) is 6. The van der Waals surface area contributed by atoms with Gasteiger partial charge in [-0.25, -0.2) is 4.79 Å². The molecule has 1 saturated heterocycles. The zero-order chi connectivity index (χ0) is 21.1. The number of allylic oxidation sites excluding steroid dienone is 2. The van der Waals surface area contributed by atoms with Crippen molar-refractivity contribution >= 4 is 11.8 Å². The minimum absolute atomic E-state index is 0.00596. The number of ketones is 1. The Balaban J connectivity index is 1.65. The van der Waals surface area contributed by atoms with Crippen molar-refractivity contribution in [1.29, 1.82) is 0 Å². The fraction of sp³-hybridized carbons (Fsp3) is 0.333. The summed E-state index contributed by atoms with van der Waals surface area (Å²) in [5.74, 6) is -1.56. The Morgan fingerprint density at radius 3 is 2.63 bits per heavy atom. The third-order valence-electron chi connectivity index (χ3n) is 5.44. The molecule has 0 bridgehead atoms. The van der Waals surface area contributed by atoms with Crippen molar-refractivity contribution in [3.63, 3.8) is 0 Å². The minimum atomic E-state index is -0.713. The molecule has 1 fully saturated rings. The molecule has 0 amide bonds. The van der Waals surface area contributed by atoms with Crippen LogP contribution in [0, 0.1) is 0 Å². The molecule has 2 heterocycles. The number of phenols is 2. The largest absolute Gasteiger partial charge is 0.508 e. The number of ether oxygens (including phenoxy) is 2. The van der Waals surface area contributed by atoms with Crippen molar-refractivity contribution < 1.29 is 29.3 Å². The van der Waals surface area contributed by atoms with E-state index in [1.165, 1.54) is 12.1 Å².